The van der Waals surface area contributed by atoms with Gasteiger partial charge in [-0.3, -0.25) is 4.79 Å². The Morgan fingerprint density at radius 3 is 2.71 bits per heavy atom. The first-order valence-electron chi connectivity index (χ1n) is 6.46. The summed E-state index contributed by atoms with van der Waals surface area (Å²) < 4.78 is 0. The zero-order chi connectivity index (χ0) is 12.3. The van der Waals surface area contributed by atoms with Crippen molar-refractivity contribution in [2.24, 2.45) is 17.3 Å². The van der Waals surface area contributed by atoms with Gasteiger partial charge in [0.05, 0.1) is 11.5 Å². The van der Waals surface area contributed by atoms with Crippen LogP contribution >= 0.6 is 0 Å². The van der Waals surface area contributed by atoms with E-state index >= 15 is 0 Å². The van der Waals surface area contributed by atoms with E-state index in [1.165, 1.54) is 12.8 Å². The molecule has 0 aromatic carbocycles. The number of nitriles is 1. The van der Waals surface area contributed by atoms with Crippen LogP contribution < -0.4 is 0 Å². The number of carbonyl (C=O) groups excluding carboxylic acids is 1. The second-order valence-corrected chi connectivity index (χ2v) is 5.18. The van der Waals surface area contributed by atoms with E-state index in [9.17, 15) is 4.79 Å². The molecular formula is C15H19NO. The van der Waals surface area contributed by atoms with Crippen molar-refractivity contribution >= 4 is 5.78 Å². The van der Waals surface area contributed by atoms with E-state index in [-0.39, 0.29) is 11.7 Å². The van der Waals surface area contributed by atoms with Crippen molar-refractivity contribution in [3.63, 3.8) is 0 Å². The van der Waals surface area contributed by atoms with Crippen LogP contribution in [0.2, 0.25) is 0 Å². The van der Waals surface area contributed by atoms with Crippen LogP contribution in [0.15, 0.2) is 24.3 Å². The first-order chi connectivity index (χ1) is 8.21. The molecule has 0 saturated heterocycles. The number of hydrogen-bond acceptors (Lipinski definition) is 2. The molecule has 0 radical (unpaired) electrons. The number of Topliss-reactive ketones (excluding diaryl/α,β-unsaturated/α-hetero) is 1. The molecule has 0 heterocycles. The summed E-state index contributed by atoms with van der Waals surface area (Å²) in [6, 6.07) is 2.23. The standard InChI is InChI=1S/C15H19NO/c1-12(17)15(13-6-2-3-7-13)10-5-4-8-14(15)9-11-16/h4-5,8,10,13-14H,2-3,6-7,9H2,1H3. The lowest BCUT2D eigenvalue weighted by molar-refractivity contribution is -0.128. The minimum atomic E-state index is -0.402. The molecule has 1 fully saturated rings. The monoisotopic (exact) mass is 229 g/mol. The van der Waals surface area contributed by atoms with Gasteiger partial charge in [-0.05, 0) is 25.7 Å². The number of carbonyl (C=O) groups is 1. The Bertz CT molecular complexity index is 396. The van der Waals surface area contributed by atoms with Crippen molar-refractivity contribution in [3.05, 3.63) is 24.3 Å². The van der Waals surface area contributed by atoms with E-state index in [4.69, 9.17) is 5.26 Å². The highest BCUT2D eigenvalue weighted by molar-refractivity contribution is 5.86. The van der Waals surface area contributed by atoms with Gasteiger partial charge in [-0.1, -0.05) is 37.1 Å². The third kappa shape index (κ3) is 1.95. The van der Waals surface area contributed by atoms with Crippen molar-refractivity contribution in [1.29, 1.82) is 5.26 Å². The van der Waals surface area contributed by atoms with E-state index in [2.05, 4.69) is 12.1 Å². The molecule has 17 heavy (non-hydrogen) atoms. The largest absolute Gasteiger partial charge is 0.299 e. The predicted octanol–water partition coefficient (Wildman–Crippen LogP) is 3.41. The lowest BCUT2D eigenvalue weighted by atomic mass is 9.61. The van der Waals surface area contributed by atoms with Crippen LogP contribution in [-0.4, -0.2) is 5.78 Å². The summed E-state index contributed by atoms with van der Waals surface area (Å²) in [5.41, 5.74) is -0.402. The van der Waals surface area contributed by atoms with E-state index in [0.717, 1.165) is 12.8 Å². The number of ketones is 1. The highest BCUT2D eigenvalue weighted by Crippen LogP contribution is 2.49. The lowest BCUT2D eigenvalue weighted by Crippen LogP contribution is -2.41. The van der Waals surface area contributed by atoms with Crippen LogP contribution in [0.4, 0.5) is 0 Å². The van der Waals surface area contributed by atoms with Gasteiger partial charge in [-0.25, -0.2) is 0 Å². The Hall–Kier alpha value is -1.36. The Morgan fingerprint density at radius 1 is 1.41 bits per heavy atom. The molecule has 0 aliphatic heterocycles. The number of nitrogens with zero attached hydrogens (tertiary/aromatic N) is 1. The molecule has 2 aliphatic rings. The first-order valence-corrected chi connectivity index (χ1v) is 6.46. The van der Waals surface area contributed by atoms with Crippen LogP contribution in [-0.2, 0) is 4.79 Å². The fourth-order valence-corrected chi connectivity index (χ4v) is 3.54. The minimum absolute atomic E-state index is 0.0677. The molecule has 0 spiro atoms. The summed E-state index contributed by atoms with van der Waals surface area (Å²) in [4.78, 5) is 12.2. The maximum Gasteiger partial charge on any atom is 0.140 e. The molecule has 2 nitrogen and oxygen atoms in total. The average Bonchev–Trinajstić information content (AvgIpc) is 2.83. The van der Waals surface area contributed by atoms with E-state index in [1.54, 1.807) is 6.92 Å². The molecule has 1 saturated carbocycles. The molecule has 2 aliphatic carbocycles. The van der Waals surface area contributed by atoms with Crippen molar-refractivity contribution in [3.8, 4) is 6.07 Å². The number of hydrogen-bond donors (Lipinski definition) is 0. The zero-order valence-electron chi connectivity index (χ0n) is 10.4. The number of rotatable bonds is 3. The Labute approximate surface area is 103 Å². The Balaban J connectivity index is 2.37. The highest BCUT2D eigenvalue weighted by atomic mass is 16.1. The maximum atomic E-state index is 12.2. The van der Waals surface area contributed by atoms with Crippen molar-refractivity contribution in [2.45, 2.75) is 39.0 Å². The molecule has 0 amide bonds. The maximum absolute atomic E-state index is 12.2. The molecule has 0 N–H and O–H groups in total. The summed E-state index contributed by atoms with van der Waals surface area (Å²) >= 11 is 0. The van der Waals surface area contributed by atoms with Gasteiger partial charge in [-0.2, -0.15) is 5.26 Å². The summed E-state index contributed by atoms with van der Waals surface area (Å²) in [7, 11) is 0. The van der Waals surface area contributed by atoms with Gasteiger partial charge in [0.15, 0.2) is 0 Å². The molecule has 2 atom stereocenters. The van der Waals surface area contributed by atoms with Crippen LogP contribution in [0.3, 0.4) is 0 Å². The fourth-order valence-electron chi connectivity index (χ4n) is 3.54. The molecule has 0 aromatic rings. The molecule has 2 unspecified atom stereocenters. The normalized spacial score (nSPS) is 32.6. The molecule has 0 bridgehead atoms. The van der Waals surface area contributed by atoms with Gasteiger partial charge in [0.25, 0.3) is 0 Å². The molecular weight excluding hydrogens is 210 g/mol. The van der Waals surface area contributed by atoms with Gasteiger partial charge >= 0.3 is 0 Å². The lowest BCUT2D eigenvalue weighted by Gasteiger charge is -2.40. The van der Waals surface area contributed by atoms with Gasteiger partial charge in [-0.15, -0.1) is 0 Å². The fraction of sp³-hybridized carbons (Fsp3) is 0.600. The SMILES string of the molecule is CC(=O)C1(C2CCCC2)C=CC=CC1CC#N. The minimum Gasteiger partial charge on any atom is -0.299 e. The molecule has 2 heteroatoms. The van der Waals surface area contributed by atoms with Gasteiger partial charge < -0.3 is 0 Å². The first kappa shape index (κ1) is 12.1. The van der Waals surface area contributed by atoms with E-state index < -0.39 is 5.41 Å². The summed E-state index contributed by atoms with van der Waals surface area (Å²) in [6.07, 6.45) is 13.2. The summed E-state index contributed by atoms with van der Waals surface area (Å²) in [5, 5.41) is 8.96. The van der Waals surface area contributed by atoms with Crippen LogP contribution in [0.5, 0.6) is 0 Å². The van der Waals surface area contributed by atoms with Crippen molar-refractivity contribution in [1.82, 2.24) is 0 Å². The van der Waals surface area contributed by atoms with Crippen LogP contribution in [0, 0.1) is 28.6 Å². The highest BCUT2D eigenvalue weighted by Gasteiger charge is 2.47. The third-order valence-corrected chi connectivity index (χ3v) is 4.39. The van der Waals surface area contributed by atoms with Crippen molar-refractivity contribution < 1.29 is 4.79 Å². The topological polar surface area (TPSA) is 40.9 Å². The average molecular weight is 229 g/mol. The smallest absolute Gasteiger partial charge is 0.140 e. The zero-order valence-corrected chi connectivity index (χ0v) is 10.4. The molecule has 90 valence electrons. The predicted molar refractivity (Wildman–Crippen MR) is 67.1 cm³/mol. The Morgan fingerprint density at radius 2 is 2.12 bits per heavy atom. The van der Waals surface area contributed by atoms with E-state index in [1.807, 2.05) is 18.2 Å². The van der Waals surface area contributed by atoms with Crippen LogP contribution in [0.25, 0.3) is 0 Å². The van der Waals surface area contributed by atoms with Gasteiger partial charge in [0.2, 0.25) is 0 Å². The number of allylic oxidation sites excluding steroid dienone is 4. The van der Waals surface area contributed by atoms with Crippen molar-refractivity contribution in [2.75, 3.05) is 0 Å². The second kappa shape index (κ2) is 4.87. The van der Waals surface area contributed by atoms with Gasteiger partial charge in [0.1, 0.15) is 5.78 Å². The summed E-state index contributed by atoms with van der Waals surface area (Å²) in [6.45, 7) is 1.69. The second-order valence-electron chi connectivity index (χ2n) is 5.18. The molecule has 0 aromatic heterocycles. The summed E-state index contributed by atoms with van der Waals surface area (Å²) in [5.74, 6) is 0.725. The quantitative estimate of drug-likeness (QED) is 0.744. The van der Waals surface area contributed by atoms with E-state index in [0.29, 0.717) is 12.3 Å². The third-order valence-electron chi connectivity index (χ3n) is 4.39. The van der Waals surface area contributed by atoms with Gasteiger partial charge in [0, 0.05) is 12.3 Å². The van der Waals surface area contributed by atoms with Crippen LogP contribution in [0.1, 0.15) is 39.0 Å². The molecule has 2 rings (SSSR count). The Kier molecular flexibility index (Phi) is 3.47.